The largest absolute Gasteiger partial charge is 0.490 e. The van der Waals surface area contributed by atoms with E-state index in [-0.39, 0.29) is 17.4 Å². The van der Waals surface area contributed by atoms with Crippen molar-refractivity contribution in [3.05, 3.63) is 58.9 Å². The van der Waals surface area contributed by atoms with Crippen LogP contribution >= 0.6 is 11.6 Å². The zero-order valence-corrected chi connectivity index (χ0v) is 14.3. The summed E-state index contributed by atoms with van der Waals surface area (Å²) in [6.45, 7) is 3.43. The van der Waals surface area contributed by atoms with Crippen molar-refractivity contribution in [3.63, 3.8) is 0 Å². The maximum atomic E-state index is 13.7. The van der Waals surface area contributed by atoms with Gasteiger partial charge in [-0.05, 0) is 56.3 Å². The molecule has 2 aromatic carbocycles. The van der Waals surface area contributed by atoms with Gasteiger partial charge >= 0.3 is 0 Å². The molecule has 3 nitrogen and oxygen atoms in total. The lowest BCUT2D eigenvalue weighted by Gasteiger charge is -2.38. The van der Waals surface area contributed by atoms with Gasteiger partial charge in [-0.2, -0.15) is 0 Å². The molecule has 0 bridgehead atoms. The van der Waals surface area contributed by atoms with Gasteiger partial charge in [0, 0.05) is 17.0 Å². The van der Waals surface area contributed by atoms with Crippen molar-refractivity contribution < 1.29 is 17.5 Å². The topological polar surface area (TPSA) is 43.4 Å². The van der Waals surface area contributed by atoms with Gasteiger partial charge in [-0.3, -0.25) is 0 Å². The summed E-state index contributed by atoms with van der Waals surface area (Å²) >= 11 is 5.84. The first-order chi connectivity index (χ1) is 10.7. The van der Waals surface area contributed by atoms with Crippen LogP contribution in [0.2, 0.25) is 5.02 Å². The Morgan fingerprint density at radius 2 is 1.87 bits per heavy atom. The fraction of sp³-hybridized carbons (Fsp3) is 0.294. The van der Waals surface area contributed by atoms with E-state index in [0.29, 0.717) is 16.3 Å². The van der Waals surface area contributed by atoms with Crippen molar-refractivity contribution in [3.8, 4) is 5.75 Å². The summed E-state index contributed by atoms with van der Waals surface area (Å²) in [5.41, 5.74) is 0.352. The quantitative estimate of drug-likeness (QED) is 0.805. The van der Waals surface area contributed by atoms with Crippen LogP contribution < -0.4 is 4.74 Å². The highest BCUT2D eigenvalue weighted by Crippen LogP contribution is 2.47. The second-order valence-electron chi connectivity index (χ2n) is 5.96. The molecule has 0 spiro atoms. The molecule has 0 amide bonds. The molecule has 0 aromatic heterocycles. The first-order valence-corrected chi connectivity index (χ1v) is 9.07. The fourth-order valence-corrected chi connectivity index (χ4v) is 5.11. The van der Waals surface area contributed by atoms with Crippen molar-refractivity contribution in [2.24, 2.45) is 0 Å². The third-order valence-electron chi connectivity index (χ3n) is 4.23. The van der Waals surface area contributed by atoms with E-state index in [0.717, 1.165) is 0 Å². The lowest BCUT2D eigenvalue weighted by atomic mass is 9.91. The average molecular weight is 355 g/mol. The smallest absolute Gasteiger partial charge is 0.188 e. The first-order valence-electron chi connectivity index (χ1n) is 7.21. The summed E-state index contributed by atoms with van der Waals surface area (Å²) in [6, 6.07) is 10.0. The molecular weight excluding hydrogens is 339 g/mol. The van der Waals surface area contributed by atoms with E-state index in [1.54, 1.807) is 6.92 Å². The van der Waals surface area contributed by atoms with Crippen LogP contribution in [0.4, 0.5) is 4.39 Å². The third-order valence-corrected chi connectivity index (χ3v) is 6.95. The molecule has 0 radical (unpaired) electrons. The molecule has 0 saturated heterocycles. The molecule has 0 saturated carbocycles. The Morgan fingerprint density at radius 1 is 1.22 bits per heavy atom. The molecule has 0 fully saturated rings. The number of halogens is 2. The lowest BCUT2D eigenvalue weighted by molar-refractivity contribution is 0.167. The van der Waals surface area contributed by atoms with E-state index in [1.165, 1.54) is 42.5 Å². The molecular formula is C17H16ClFO3S. The third kappa shape index (κ3) is 2.62. The molecule has 1 heterocycles. The number of sulfone groups is 1. The van der Waals surface area contributed by atoms with Crippen LogP contribution in [0.3, 0.4) is 0 Å². The SMILES string of the molecule is CC1CC(C)(S(=O)(=O)c2ccc(Cl)cc2)c2cc(F)ccc2O1. The molecule has 6 heteroatoms. The number of fused-ring (bicyclic) bond motifs is 1. The Bertz CT molecular complexity index is 849. The van der Waals surface area contributed by atoms with Gasteiger partial charge in [0.1, 0.15) is 16.3 Å². The summed E-state index contributed by atoms with van der Waals surface area (Å²) in [4.78, 5) is 0.161. The standard InChI is InChI=1S/C17H16ClFO3S/c1-11-10-17(2,15-9-13(19)5-8-16(15)22-11)23(20,21)14-6-3-12(18)4-7-14/h3-9,11H,10H2,1-2H3. The number of hydrogen-bond acceptors (Lipinski definition) is 3. The predicted octanol–water partition coefficient (Wildman–Crippen LogP) is 4.34. The van der Waals surface area contributed by atoms with Crippen LogP contribution in [0, 0.1) is 5.82 Å². The van der Waals surface area contributed by atoms with Crippen molar-refractivity contribution in [1.82, 2.24) is 0 Å². The lowest BCUT2D eigenvalue weighted by Crippen LogP contribution is -2.41. The van der Waals surface area contributed by atoms with Crippen molar-refractivity contribution >= 4 is 21.4 Å². The Morgan fingerprint density at radius 3 is 2.52 bits per heavy atom. The van der Waals surface area contributed by atoms with Crippen LogP contribution in [-0.2, 0) is 14.6 Å². The maximum Gasteiger partial charge on any atom is 0.188 e. The summed E-state index contributed by atoms with van der Waals surface area (Å²) in [6.07, 6.45) is -0.0472. The van der Waals surface area contributed by atoms with Crippen molar-refractivity contribution in [2.45, 2.75) is 36.0 Å². The van der Waals surface area contributed by atoms with Gasteiger partial charge in [0.05, 0.1) is 11.0 Å². The molecule has 1 aliphatic heterocycles. The highest BCUT2D eigenvalue weighted by Gasteiger charge is 2.47. The van der Waals surface area contributed by atoms with Gasteiger partial charge < -0.3 is 4.74 Å². The van der Waals surface area contributed by atoms with Crippen LogP contribution in [0.25, 0.3) is 0 Å². The van der Waals surface area contributed by atoms with E-state index in [4.69, 9.17) is 16.3 Å². The summed E-state index contributed by atoms with van der Waals surface area (Å²) in [5.74, 6) is -0.0791. The Balaban J connectivity index is 2.21. The molecule has 1 aliphatic rings. The maximum absolute atomic E-state index is 13.7. The number of ether oxygens (including phenoxy) is 1. The van der Waals surface area contributed by atoms with E-state index in [1.807, 2.05) is 6.92 Å². The number of hydrogen-bond donors (Lipinski definition) is 0. The minimum atomic E-state index is -3.75. The van der Waals surface area contributed by atoms with Crippen LogP contribution in [0.15, 0.2) is 47.4 Å². The molecule has 23 heavy (non-hydrogen) atoms. The zero-order chi connectivity index (χ0) is 16.8. The Hall–Kier alpha value is -1.59. The van der Waals surface area contributed by atoms with Gasteiger partial charge in [-0.25, -0.2) is 12.8 Å². The van der Waals surface area contributed by atoms with E-state index >= 15 is 0 Å². The molecule has 0 aliphatic carbocycles. The Labute approximate surface area is 140 Å². The molecule has 0 N–H and O–H groups in total. The summed E-state index contributed by atoms with van der Waals surface area (Å²) < 4.78 is 44.6. The molecule has 2 unspecified atom stereocenters. The summed E-state index contributed by atoms with van der Waals surface area (Å²) in [7, 11) is -3.75. The second kappa shape index (κ2) is 5.49. The molecule has 2 atom stereocenters. The minimum Gasteiger partial charge on any atom is -0.490 e. The van der Waals surface area contributed by atoms with Gasteiger partial charge in [0.2, 0.25) is 0 Å². The normalized spacial score (nSPS) is 23.9. The number of benzene rings is 2. The van der Waals surface area contributed by atoms with E-state index in [2.05, 4.69) is 0 Å². The highest BCUT2D eigenvalue weighted by atomic mass is 35.5. The van der Waals surface area contributed by atoms with Gasteiger partial charge in [0.25, 0.3) is 0 Å². The highest BCUT2D eigenvalue weighted by molar-refractivity contribution is 7.92. The zero-order valence-electron chi connectivity index (χ0n) is 12.7. The predicted molar refractivity (Wildman–Crippen MR) is 87.1 cm³/mol. The molecule has 3 rings (SSSR count). The first kappa shape index (κ1) is 16.3. The summed E-state index contributed by atoms with van der Waals surface area (Å²) in [5, 5.41) is 0.459. The van der Waals surface area contributed by atoms with Crippen molar-refractivity contribution in [2.75, 3.05) is 0 Å². The number of rotatable bonds is 2. The van der Waals surface area contributed by atoms with Crippen LogP contribution in [0.1, 0.15) is 25.8 Å². The average Bonchev–Trinajstić information content (AvgIpc) is 2.48. The minimum absolute atomic E-state index is 0.161. The second-order valence-corrected chi connectivity index (χ2v) is 8.78. The van der Waals surface area contributed by atoms with E-state index < -0.39 is 20.4 Å². The Kier molecular flexibility index (Phi) is 3.89. The van der Waals surface area contributed by atoms with Gasteiger partial charge in [-0.1, -0.05) is 11.6 Å². The molecule has 122 valence electrons. The van der Waals surface area contributed by atoms with E-state index in [9.17, 15) is 12.8 Å². The van der Waals surface area contributed by atoms with Crippen LogP contribution in [0.5, 0.6) is 5.75 Å². The monoisotopic (exact) mass is 354 g/mol. The van der Waals surface area contributed by atoms with Crippen LogP contribution in [-0.4, -0.2) is 14.5 Å². The fourth-order valence-electron chi connectivity index (χ4n) is 3.06. The van der Waals surface area contributed by atoms with Gasteiger partial charge in [0.15, 0.2) is 9.84 Å². The molecule has 2 aromatic rings. The van der Waals surface area contributed by atoms with Gasteiger partial charge in [-0.15, -0.1) is 0 Å². The van der Waals surface area contributed by atoms with Crippen molar-refractivity contribution in [1.29, 1.82) is 0 Å².